The summed E-state index contributed by atoms with van der Waals surface area (Å²) < 4.78 is 1.53. The predicted octanol–water partition coefficient (Wildman–Crippen LogP) is 2.87. The van der Waals surface area contributed by atoms with Gasteiger partial charge in [0.1, 0.15) is 5.54 Å². The number of aryl methyl sites for hydroxylation is 1. The second kappa shape index (κ2) is 7.00. The Hall–Kier alpha value is -2.34. The second-order valence-electron chi connectivity index (χ2n) is 7.41. The van der Waals surface area contributed by atoms with Crippen LogP contribution in [0.3, 0.4) is 0 Å². The van der Waals surface area contributed by atoms with Gasteiger partial charge in [-0.2, -0.15) is 5.10 Å². The lowest BCUT2D eigenvalue weighted by Crippen LogP contribution is -2.61. The zero-order valence-corrected chi connectivity index (χ0v) is 16.2. The van der Waals surface area contributed by atoms with Crippen LogP contribution in [-0.4, -0.2) is 50.0 Å². The van der Waals surface area contributed by atoms with E-state index < -0.39 is 5.54 Å². The zero-order valence-electron chi connectivity index (χ0n) is 15.4. The first-order valence-corrected chi connectivity index (χ1v) is 9.73. The molecule has 1 unspecified atom stereocenters. The topological polar surface area (TPSA) is 58.4 Å². The third-order valence-corrected chi connectivity index (χ3v) is 5.92. The molecule has 1 spiro atoms. The van der Waals surface area contributed by atoms with Crippen LogP contribution in [0.15, 0.2) is 36.5 Å². The first-order valence-electron chi connectivity index (χ1n) is 9.36. The van der Waals surface area contributed by atoms with Crippen molar-refractivity contribution < 1.29 is 9.59 Å². The number of rotatable bonds is 3. The van der Waals surface area contributed by atoms with Crippen LogP contribution in [0, 0.1) is 0 Å². The predicted molar refractivity (Wildman–Crippen MR) is 102 cm³/mol. The maximum absolute atomic E-state index is 13.5. The average Bonchev–Trinajstić information content (AvgIpc) is 3.23. The van der Waals surface area contributed by atoms with Gasteiger partial charge < -0.3 is 9.80 Å². The van der Waals surface area contributed by atoms with Crippen molar-refractivity contribution >= 4 is 23.4 Å². The van der Waals surface area contributed by atoms with Gasteiger partial charge in [0.25, 0.3) is 5.91 Å². The molecular weight excluding hydrogens is 364 g/mol. The maximum atomic E-state index is 13.5. The van der Waals surface area contributed by atoms with Gasteiger partial charge in [0.15, 0.2) is 5.69 Å². The molecule has 7 heteroatoms. The number of halogens is 1. The molecule has 0 aliphatic carbocycles. The molecule has 2 fully saturated rings. The lowest BCUT2D eigenvalue weighted by atomic mass is 9.85. The summed E-state index contributed by atoms with van der Waals surface area (Å²) in [4.78, 5) is 30.2. The van der Waals surface area contributed by atoms with E-state index in [1.807, 2.05) is 35.2 Å². The van der Waals surface area contributed by atoms with Gasteiger partial charge in [-0.3, -0.25) is 14.3 Å². The lowest BCUT2D eigenvalue weighted by molar-refractivity contribution is -0.146. The van der Waals surface area contributed by atoms with Gasteiger partial charge in [-0.05, 0) is 31.2 Å². The molecular formula is C20H23ClN4O2. The van der Waals surface area contributed by atoms with Crippen molar-refractivity contribution in [1.82, 2.24) is 19.6 Å². The van der Waals surface area contributed by atoms with Crippen molar-refractivity contribution in [2.45, 2.75) is 37.8 Å². The number of piperidine rings is 1. The van der Waals surface area contributed by atoms with E-state index >= 15 is 0 Å². The fraction of sp³-hybridized carbons (Fsp3) is 0.450. The SMILES string of the molecule is Cn1cc(Cl)c(C(=O)N2CCCC23CCCN(Cc2ccccc2)C3=O)n1. The Bertz CT molecular complexity index is 866. The summed E-state index contributed by atoms with van der Waals surface area (Å²) in [5.74, 6) is -0.191. The molecule has 0 N–H and O–H groups in total. The molecule has 0 saturated carbocycles. The number of aromatic nitrogens is 2. The Morgan fingerprint density at radius 2 is 1.89 bits per heavy atom. The van der Waals surface area contributed by atoms with Crippen LogP contribution in [0.25, 0.3) is 0 Å². The van der Waals surface area contributed by atoms with Crippen molar-refractivity contribution in [3.63, 3.8) is 0 Å². The fourth-order valence-corrected chi connectivity index (χ4v) is 4.67. The molecule has 4 rings (SSSR count). The van der Waals surface area contributed by atoms with Crippen LogP contribution in [0.4, 0.5) is 0 Å². The zero-order chi connectivity index (χ0) is 19.0. The Kier molecular flexibility index (Phi) is 4.68. The van der Waals surface area contributed by atoms with Crippen molar-refractivity contribution in [3.8, 4) is 0 Å². The van der Waals surface area contributed by atoms with Crippen LogP contribution < -0.4 is 0 Å². The molecule has 0 bridgehead atoms. The van der Waals surface area contributed by atoms with E-state index in [9.17, 15) is 9.59 Å². The fourth-order valence-electron chi connectivity index (χ4n) is 4.41. The molecule has 142 valence electrons. The molecule has 27 heavy (non-hydrogen) atoms. The van der Waals surface area contributed by atoms with E-state index in [0.29, 0.717) is 31.0 Å². The summed E-state index contributed by atoms with van der Waals surface area (Å²) >= 11 is 6.19. The van der Waals surface area contributed by atoms with Crippen molar-refractivity contribution in [3.05, 3.63) is 52.8 Å². The summed E-state index contributed by atoms with van der Waals surface area (Å²) in [5, 5.41) is 4.54. The Balaban J connectivity index is 1.61. The van der Waals surface area contributed by atoms with Gasteiger partial charge in [-0.1, -0.05) is 41.9 Å². The number of hydrogen-bond acceptors (Lipinski definition) is 3. The minimum absolute atomic E-state index is 0.0514. The second-order valence-corrected chi connectivity index (χ2v) is 7.81. The molecule has 2 saturated heterocycles. The van der Waals surface area contributed by atoms with Gasteiger partial charge in [-0.15, -0.1) is 0 Å². The van der Waals surface area contributed by atoms with E-state index in [-0.39, 0.29) is 17.5 Å². The van der Waals surface area contributed by atoms with Crippen LogP contribution in [-0.2, 0) is 18.4 Å². The highest BCUT2D eigenvalue weighted by atomic mass is 35.5. The van der Waals surface area contributed by atoms with E-state index in [1.54, 1.807) is 18.1 Å². The van der Waals surface area contributed by atoms with Crippen LogP contribution in [0.5, 0.6) is 0 Å². The quantitative estimate of drug-likeness (QED) is 0.815. The molecule has 1 atom stereocenters. The molecule has 2 aromatic rings. The van der Waals surface area contributed by atoms with Crippen molar-refractivity contribution in [1.29, 1.82) is 0 Å². The normalized spacial score (nSPS) is 22.7. The Labute approximate surface area is 163 Å². The smallest absolute Gasteiger partial charge is 0.276 e. The number of carbonyl (C=O) groups excluding carboxylic acids is 2. The van der Waals surface area contributed by atoms with Crippen molar-refractivity contribution in [2.75, 3.05) is 13.1 Å². The van der Waals surface area contributed by atoms with Gasteiger partial charge in [0.05, 0.1) is 5.02 Å². The molecule has 2 aliphatic rings. The number of carbonyl (C=O) groups is 2. The molecule has 6 nitrogen and oxygen atoms in total. The highest BCUT2D eigenvalue weighted by Gasteiger charge is 2.53. The third kappa shape index (κ3) is 3.12. The molecule has 1 aromatic carbocycles. The molecule has 3 heterocycles. The molecule has 0 radical (unpaired) electrons. The summed E-state index contributed by atoms with van der Waals surface area (Å²) in [5.41, 5.74) is 0.574. The van der Waals surface area contributed by atoms with E-state index in [2.05, 4.69) is 5.10 Å². The maximum Gasteiger partial charge on any atom is 0.276 e. The van der Waals surface area contributed by atoms with Crippen molar-refractivity contribution in [2.24, 2.45) is 7.05 Å². The molecule has 1 aromatic heterocycles. The van der Waals surface area contributed by atoms with Crippen LogP contribution in [0.2, 0.25) is 5.02 Å². The van der Waals surface area contributed by atoms with Gasteiger partial charge in [-0.25, -0.2) is 0 Å². The highest BCUT2D eigenvalue weighted by Crippen LogP contribution is 2.40. The Morgan fingerprint density at radius 3 is 2.56 bits per heavy atom. The summed E-state index contributed by atoms with van der Waals surface area (Å²) in [6.07, 6.45) is 4.72. The van der Waals surface area contributed by atoms with Gasteiger partial charge in [0, 0.05) is 32.9 Å². The summed E-state index contributed by atoms with van der Waals surface area (Å²) in [7, 11) is 1.73. The minimum atomic E-state index is -0.759. The standard InChI is InChI=1S/C20H23ClN4O2/c1-23-14-16(21)17(22-23)18(26)25-12-6-10-20(25)9-5-11-24(19(20)27)13-15-7-3-2-4-8-15/h2-4,7-8,14H,5-6,9-13H2,1H3. The summed E-state index contributed by atoms with van der Waals surface area (Å²) in [6, 6.07) is 9.98. The minimum Gasteiger partial charge on any atom is -0.336 e. The number of benzene rings is 1. The monoisotopic (exact) mass is 386 g/mol. The summed E-state index contributed by atoms with van der Waals surface area (Å²) in [6.45, 7) is 1.87. The number of amides is 2. The van der Waals surface area contributed by atoms with Gasteiger partial charge in [0.2, 0.25) is 5.91 Å². The van der Waals surface area contributed by atoms with Crippen LogP contribution >= 0.6 is 11.6 Å². The number of likely N-dealkylation sites (tertiary alicyclic amines) is 2. The van der Waals surface area contributed by atoms with E-state index in [0.717, 1.165) is 24.9 Å². The van der Waals surface area contributed by atoms with Gasteiger partial charge >= 0.3 is 0 Å². The molecule has 2 aliphatic heterocycles. The lowest BCUT2D eigenvalue weighted by Gasteiger charge is -2.44. The molecule has 2 amide bonds. The third-order valence-electron chi connectivity index (χ3n) is 5.64. The number of nitrogens with zero attached hydrogens (tertiary/aromatic N) is 4. The van der Waals surface area contributed by atoms with E-state index in [4.69, 9.17) is 11.6 Å². The Morgan fingerprint density at radius 1 is 1.19 bits per heavy atom. The van der Waals surface area contributed by atoms with E-state index in [1.165, 1.54) is 4.68 Å². The average molecular weight is 387 g/mol. The first-order chi connectivity index (χ1) is 13.0. The first kappa shape index (κ1) is 18.0. The largest absolute Gasteiger partial charge is 0.336 e. The number of hydrogen-bond donors (Lipinski definition) is 0. The highest BCUT2D eigenvalue weighted by molar-refractivity contribution is 6.33. The van der Waals surface area contributed by atoms with Crippen LogP contribution in [0.1, 0.15) is 41.7 Å².